The van der Waals surface area contributed by atoms with Gasteiger partial charge in [0, 0.05) is 26.2 Å². The Bertz CT molecular complexity index is 466. The van der Waals surface area contributed by atoms with Gasteiger partial charge >= 0.3 is 0 Å². The Morgan fingerprint density at radius 3 is 1.36 bits per heavy atom. The highest BCUT2D eigenvalue weighted by Crippen LogP contribution is 2.27. The third-order valence-corrected chi connectivity index (χ3v) is 5.41. The van der Waals surface area contributed by atoms with Crippen LogP contribution in [0.25, 0.3) is 0 Å². The maximum absolute atomic E-state index is 2.48. The second-order valence-corrected chi connectivity index (χ2v) is 7.02. The van der Waals surface area contributed by atoms with Crippen molar-refractivity contribution < 1.29 is 0 Å². The molecule has 0 spiro atoms. The number of hydrogen-bond acceptors (Lipinski definition) is 2. The molecule has 0 aromatic heterocycles. The van der Waals surface area contributed by atoms with Crippen molar-refractivity contribution in [2.75, 3.05) is 26.2 Å². The number of piperazine rings is 1. The van der Waals surface area contributed by atoms with Crippen LogP contribution in [0.3, 0.4) is 0 Å². The van der Waals surface area contributed by atoms with Crippen molar-refractivity contribution in [3.63, 3.8) is 0 Å². The van der Waals surface area contributed by atoms with E-state index in [9.17, 15) is 0 Å². The van der Waals surface area contributed by atoms with Crippen LogP contribution in [-0.4, -0.2) is 36.0 Å². The monoisotopic (exact) mass is 298 g/mol. The molecule has 0 N–H and O–H groups in total. The minimum absolute atomic E-state index is 1.14. The van der Waals surface area contributed by atoms with Crippen molar-refractivity contribution >= 4 is 0 Å². The normalized spacial score (nSPS) is 23.9. The maximum atomic E-state index is 2.48. The van der Waals surface area contributed by atoms with Crippen molar-refractivity contribution in [2.45, 2.75) is 52.4 Å². The van der Waals surface area contributed by atoms with Gasteiger partial charge in [-0.1, -0.05) is 11.1 Å². The summed E-state index contributed by atoms with van der Waals surface area (Å²) in [6.07, 6.45) is 17.2. The van der Waals surface area contributed by atoms with E-state index in [1.807, 2.05) is 0 Å². The van der Waals surface area contributed by atoms with Gasteiger partial charge in [-0.15, -0.1) is 0 Å². The Morgan fingerprint density at radius 1 is 0.636 bits per heavy atom. The highest BCUT2D eigenvalue weighted by atomic mass is 15.2. The average molecular weight is 298 g/mol. The number of allylic oxidation sites excluding steroid dienone is 6. The summed E-state index contributed by atoms with van der Waals surface area (Å²) in [5, 5.41) is 0. The molecule has 3 rings (SSSR count). The van der Waals surface area contributed by atoms with E-state index < -0.39 is 0 Å². The van der Waals surface area contributed by atoms with Crippen molar-refractivity contribution in [3.8, 4) is 0 Å². The topological polar surface area (TPSA) is 6.48 Å². The van der Waals surface area contributed by atoms with Crippen LogP contribution in [0.4, 0.5) is 0 Å². The summed E-state index contributed by atoms with van der Waals surface area (Å²) >= 11 is 0. The predicted molar refractivity (Wildman–Crippen MR) is 94.5 cm³/mol. The fraction of sp³-hybridized carbons (Fsp3) is 0.600. The molecule has 22 heavy (non-hydrogen) atoms. The van der Waals surface area contributed by atoms with Gasteiger partial charge in [0.25, 0.3) is 0 Å². The number of rotatable bonds is 4. The molecule has 0 unspecified atom stereocenters. The minimum atomic E-state index is 1.14. The van der Waals surface area contributed by atoms with Crippen LogP contribution in [0.1, 0.15) is 52.4 Å². The zero-order chi connectivity index (χ0) is 15.4. The van der Waals surface area contributed by atoms with Gasteiger partial charge in [-0.05, 0) is 88.1 Å². The van der Waals surface area contributed by atoms with Crippen molar-refractivity contribution in [2.24, 2.45) is 0 Å². The molecule has 3 aliphatic rings. The lowest BCUT2D eigenvalue weighted by Crippen LogP contribution is -2.41. The van der Waals surface area contributed by atoms with Crippen molar-refractivity contribution in [1.82, 2.24) is 9.80 Å². The third-order valence-electron chi connectivity index (χ3n) is 5.41. The van der Waals surface area contributed by atoms with Crippen LogP contribution in [0.5, 0.6) is 0 Å². The van der Waals surface area contributed by atoms with Crippen LogP contribution in [0.15, 0.2) is 46.8 Å². The molecule has 120 valence electrons. The summed E-state index contributed by atoms with van der Waals surface area (Å²) in [7, 11) is 0. The summed E-state index contributed by atoms with van der Waals surface area (Å²) in [5.41, 5.74) is 6.34. The van der Waals surface area contributed by atoms with Gasteiger partial charge in [-0.2, -0.15) is 0 Å². The third kappa shape index (κ3) is 3.85. The van der Waals surface area contributed by atoms with Gasteiger partial charge in [0.15, 0.2) is 0 Å². The lowest BCUT2D eigenvalue weighted by molar-refractivity contribution is 0.218. The maximum Gasteiger partial charge on any atom is 0.0349 e. The van der Waals surface area contributed by atoms with E-state index in [0.717, 1.165) is 26.2 Å². The van der Waals surface area contributed by atoms with E-state index in [-0.39, 0.29) is 0 Å². The molecule has 1 heterocycles. The molecule has 0 amide bonds. The molecule has 0 radical (unpaired) electrons. The largest absolute Gasteiger partial charge is 0.374 e. The van der Waals surface area contributed by atoms with Crippen molar-refractivity contribution in [1.29, 1.82) is 0 Å². The Balaban J connectivity index is 1.46. The molecule has 2 heteroatoms. The summed E-state index contributed by atoms with van der Waals surface area (Å²) in [6.45, 7) is 9.15. The molecular formula is C20H30N2. The molecule has 2 nitrogen and oxygen atoms in total. The molecule has 0 aromatic rings. The van der Waals surface area contributed by atoms with Gasteiger partial charge in [-0.3, -0.25) is 0 Å². The van der Waals surface area contributed by atoms with Crippen LogP contribution >= 0.6 is 0 Å². The van der Waals surface area contributed by atoms with Crippen LogP contribution < -0.4 is 0 Å². The predicted octanol–water partition coefficient (Wildman–Crippen LogP) is 4.63. The zero-order valence-electron chi connectivity index (χ0n) is 14.3. The first-order valence-electron chi connectivity index (χ1n) is 8.94. The molecule has 1 saturated heterocycles. The smallest absolute Gasteiger partial charge is 0.0349 e. The Labute approximate surface area is 135 Å². The highest BCUT2D eigenvalue weighted by Gasteiger charge is 2.13. The second-order valence-electron chi connectivity index (χ2n) is 7.02. The van der Waals surface area contributed by atoms with E-state index in [0.29, 0.717) is 0 Å². The number of hydrogen-bond donors (Lipinski definition) is 0. The highest BCUT2D eigenvalue weighted by molar-refractivity contribution is 5.29. The standard InChI is InChI=1S/C20H30N2/c1-17-5-3-7-19(17)9-11-21-13-15-22(16-14-21)12-10-20-8-4-6-18(20)2/h9-12H,3-8,13-16H2,1-2H3. The lowest BCUT2D eigenvalue weighted by Gasteiger charge is -2.33. The molecule has 1 aliphatic heterocycles. The molecule has 0 atom stereocenters. The van der Waals surface area contributed by atoms with Gasteiger partial charge in [-0.25, -0.2) is 0 Å². The first-order chi connectivity index (χ1) is 10.7. The number of nitrogens with zero attached hydrogens (tertiary/aromatic N) is 2. The van der Waals surface area contributed by atoms with Crippen LogP contribution in [0.2, 0.25) is 0 Å². The Hall–Kier alpha value is -1.44. The molecule has 1 fully saturated rings. The van der Waals surface area contributed by atoms with Crippen LogP contribution in [0, 0.1) is 0 Å². The van der Waals surface area contributed by atoms with Gasteiger partial charge in [0.1, 0.15) is 0 Å². The Kier molecular flexibility index (Phi) is 5.07. The molecule has 0 aromatic carbocycles. The van der Waals surface area contributed by atoms with E-state index in [1.54, 1.807) is 22.3 Å². The van der Waals surface area contributed by atoms with E-state index in [2.05, 4.69) is 48.2 Å². The van der Waals surface area contributed by atoms with E-state index >= 15 is 0 Å². The van der Waals surface area contributed by atoms with Gasteiger partial charge in [0.2, 0.25) is 0 Å². The second kappa shape index (κ2) is 7.21. The first kappa shape index (κ1) is 15.5. The van der Waals surface area contributed by atoms with Crippen molar-refractivity contribution in [3.05, 3.63) is 46.8 Å². The molecule has 2 aliphatic carbocycles. The van der Waals surface area contributed by atoms with E-state index in [4.69, 9.17) is 0 Å². The van der Waals surface area contributed by atoms with Crippen LogP contribution in [-0.2, 0) is 0 Å². The summed E-state index contributed by atoms with van der Waals surface area (Å²) in [6, 6.07) is 0. The summed E-state index contributed by atoms with van der Waals surface area (Å²) in [5.74, 6) is 0. The summed E-state index contributed by atoms with van der Waals surface area (Å²) < 4.78 is 0. The first-order valence-corrected chi connectivity index (χ1v) is 8.94. The molecule has 0 saturated carbocycles. The fourth-order valence-corrected chi connectivity index (χ4v) is 3.71. The van der Waals surface area contributed by atoms with Gasteiger partial charge < -0.3 is 9.80 Å². The lowest BCUT2D eigenvalue weighted by atomic mass is 10.1. The SMILES string of the molecule is CC1=C(C=CN2CCN(C=CC3=C(C)CCC3)CC2)CCC1. The fourth-order valence-electron chi connectivity index (χ4n) is 3.71. The summed E-state index contributed by atoms with van der Waals surface area (Å²) in [4.78, 5) is 4.95. The minimum Gasteiger partial charge on any atom is -0.374 e. The zero-order valence-corrected chi connectivity index (χ0v) is 14.3. The average Bonchev–Trinajstić information content (AvgIpc) is 3.12. The van der Waals surface area contributed by atoms with Gasteiger partial charge in [0.05, 0.1) is 0 Å². The Morgan fingerprint density at radius 2 is 1.05 bits per heavy atom. The molecular weight excluding hydrogens is 268 g/mol. The van der Waals surface area contributed by atoms with E-state index in [1.165, 1.54) is 38.5 Å². The molecule has 0 bridgehead atoms. The quantitative estimate of drug-likeness (QED) is 0.746.